The van der Waals surface area contributed by atoms with Gasteiger partial charge < -0.3 is 14.3 Å². The summed E-state index contributed by atoms with van der Waals surface area (Å²) in [4.78, 5) is 11.8. The predicted octanol–water partition coefficient (Wildman–Crippen LogP) is 2.71. The molecule has 0 aromatic heterocycles. The Morgan fingerprint density at radius 1 is 1.42 bits per heavy atom. The Kier molecular flexibility index (Phi) is 4.55. The molecule has 112 valence electrons. The van der Waals surface area contributed by atoms with Crippen molar-refractivity contribution in [2.45, 2.75) is 71.4 Å². The minimum Gasteiger partial charge on any atom is -0.459 e. The summed E-state index contributed by atoms with van der Waals surface area (Å²) in [6.07, 6.45) is -0.542. The first-order chi connectivity index (χ1) is 8.38. The van der Waals surface area contributed by atoms with E-state index in [9.17, 15) is 9.90 Å². The number of carbonyl (C=O) groups is 1. The average molecular weight is 288 g/mol. The number of hydrogen-bond donors (Lipinski definition) is 1. The molecule has 2 atom stereocenters. The molecule has 0 bridgehead atoms. The van der Waals surface area contributed by atoms with Gasteiger partial charge in [0.1, 0.15) is 6.10 Å². The molecule has 5 heteroatoms. The molecule has 0 aromatic carbocycles. The van der Waals surface area contributed by atoms with E-state index in [0.29, 0.717) is 13.0 Å². The Morgan fingerprint density at radius 2 is 1.95 bits per heavy atom. The maximum atomic E-state index is 11.8. The van der Waals surface area contributed by atoms with E-state index >= 15 is 0 Å². The van der Waals surface area contributed by atoms with Crippen molar-refractivity contribution in [2.24, 2.45) is 5.41 Å². The molecule has 0 aliphatic carbocycles. The van der Waals surface area contributed by atoms with Gasteiger partial charge >= 0.3 is 5.97 Å². The molecule has 0 amide bonds. The summed E-state index contributed by atoms with van der Waals surface area (Å²) in [5.74, 6) is -0.338. The topological polar surface area (TPSA) is 55.8 Å². The van der Waals surface area contributed by atoms with Gasteiger partial charge in [0.2, 0.25) is 0 Å². The van der Waals surface area contributed by atoms with Crippen molar-refractivity contribution >= 4 is 14.3 Å². The Bertz CT molecular complexity index is 344. The van der Waals surface area contributed by atoms with E-state index in [1.807, 2.05) is 0 Å². The van der Waals surface area contributed by atoms with Gasteiger partial charge in [0.25, 0.3) is 0 Å². The fourth-order valence-electron chi connectivity index (χ4n) is 1.65. The summed E-state index contributed by atoms with van der Waals surface area (Å²) in [6, 6.07) is 0. The van der Waals surface area contributed by atoms with E-state index in [1.54, 1.807) is 13.8 Å². The number of carbonyl (C=O) groups excluding carboxylic acids is 1. The third-order valence-electron chi connectivity index (χ3n) is 4.56. The lowest BCUT2D eigenvalue weighted by atomic mass is 9.81. The van der Waals surface area contributed by atoms with Crippen molar-refractivity contribution < 1.29 is 19.1 Å². The molecular weight excluding hydrogens is 260 g/mol. The number of aliphatic hydroxyl groups excluding tert-OH is 1. The molecule has 0 saturated carbocycles. The van der Waals surface area contributed by atoms with Crippen molar-refractivity contribution in [3.63, 3.8) is 0 Å². The summed E-state index contributed by atoms with van der Waals surface area (Å²) < 4.78 is 11.4. The van der Waals surface area contributed by atoms with Crippen molar-refractivity contribution in [3.05, 3.63) is 0 Å². The zero-order valence-electron chi connectivity index (χ0n) is 13.2. The second-order valence-electron chi connectivity index (χ2n) is 7.57. The van der Waals surface area contributed by atoms with Crippen LogP contribution >= 0.6 is 0 Å². The lowest BCUT2D eigenvalue weighted by molar-refractivity contribution is -0.183. The molecule has 1 fully saturated rings. The van der Waals surface area contributed by atoms with Crippen LogP contribution < -0.4 is 0 Å². The molecule has 1 rings (SSSR count). The third-order valence-corrected chi connectivity index (χ3v) is 9.06. The number of ether oxygens (including phenoxy) is 1. The quantitative estimate of drug-likeness (QED) is 0.641. The van der Waals surface area contributed by atoms with Crippen LogP contribution in [-0.2, 0) is 14.0 Å². The van der Waals surface area contributed by atoms with Crippen LogP contribution in [0.2, 0.25) is 18.1 Å². The fourth-order valence-corrected chi connectivity index (χ4v) is 2.69. The maximum absolute atomic E-state index is 11.8. The molecular formula is C14H28O4Si. The lowest BCUT2D eigenvalue weighted by Crippen LogP contribution is -2.50. The monoisotopic (exact) mass is 288 g/mol. The second kappa shape index (κ2) is 5.18. The molecule has 1 heterocycles. The third kappa shape index (κ3) is 3.58. The molecule has 0 aromatic rings. The number of rotatable bonds is 3. The lowest BCUT2D eigenvalue weighted by Gasteiger charge is -2.40. The van der Waals surface area contributed by atoms with Gasteiger partial charge in [-0.2, -0.15) is 0 Å². The second-order valence-corrected chi connectivity index (χ2v) is 12.4. The SMILES string of the molecule is CC1(C)C(=O)O[C@H](CO[Si](C)(C)C(C)(C)C)C[C@H]1O. The van der Waals surface area contributed by atoms with E-state index < -0.39 is 19.8 Å². The predicted molar refractivity (Wildman–Crippen MR) is 77.4 cm³/mol. The van der Waals surface area contributed by atoms with Gasteiger partial charge in [0, 0.05) is 6.42 Å². The molecule has 4 nitrogen and oxygen atoms in total. The van der Waals surface area contributed by atoms with Crippen LogP contribution in [0.25, 0.3) is 0 Å². The van der Waals surface area contributed by atoms with Gasteiger partial charge in [0.05, 0.1) is 18.1 Å². The van der Waals surface area contributed by atoms with Crippen molar-refractivity contribution in [3.8, 4) is 0 Å². The first-order valence-electron chi connectivity index (χ1n) is 6.91. The molecule has 1 N–H and O–H groups in total. The average Bonchev–Trinajstić information content (AvgIpc) is 2.22. The Morgan fingerprint density at radius 3 is 2.37 bits per heavy atom. The zero-order chi connectivity index (χ0) is 15.1. The van der Waals surface area contributed by atoms with Crippen LogP contribution in [0.4, 0.5) is 0 Å². The molecule has 1 saturated heterocycles. The highest BCUT2D eigenvalue weighted by molar-refractivity contribution is 6.74. The van der Waals surface area contributed by atoms with Gasteiger partial charge in [-0.1, -0.05) is 20.8 Å². The zero-order valence-corrected chi connectivity index (χ0v) is 14.2. The molecule has 19 heavy (non-hydrogen) atoms. The summed E-state index contributed by atoms with van der Waals surface area (Å²) in [5.41, 5.74) is -0.812. The molecule has 0 radical (unpaired) electrons. The van der Waals surface area contributed by atoms with Gasteiger partial charge in [-0.05, 0) is 32.0 Å². The maximum Gasteiger partial charge on any atom is 0.314 e. The number of esters is 1. The van der Waals surface area contributed by atoms with Gasteiger partial charge in [-0.25, -0.2) is 0 Å². The van der Waals surface area contributed by atoms with Crippen LogP contribution in [0, 0.1) is 5.41 Å². The Hall–Kier alpha value is -0.393. The van der Waals surface area contributed by atoms with Crippen molar-refractivity contribution in [2.75, 3.05) is 6.61 Å². The summed E-state index contributed by atoms with van der Waals surface area (Å²) in [5, 5.41) is 10.2. The van der Waals surface area contributed by atoms with E-state index in [4.69, 9.17) is 9.16 Å². The highest BCUT2D eigenvalue weighted by atomic mass is 28.4. The van der Waals surface area contributed by atoms with E-state index in [0.717, 1.165) is 0 Å². The smallest absolute Gasteiger partial charge is 0.314 e. The molecule has 0 spiro atoms. The van der Waals surface area contributed by atoms with Crippen molar-refractivity contribution in [1.82, 2.24) is 0 Å². The number of hydrogen-bond acceptors (Lipinski definition) is 4. The van der Waals surface area contributed by atoms with Gasteiger partial charge in [0.15, 0.2) is 8.32 Å². The Balaban J connectivity index is 2.60. The Labute approximate surface area is 117 Å². The van der Waals surface area contributed by atoms with Crippen LogP contribution in [0.3, 0.4) is 0 Å². The molecule has 1 aliphatic rings. The highest BCUT2D eigenvalue weighted by Gasteiger charge is 2.45. The van der Waals surface area contributed by atoms with Gasteiger partial charge in [-0.3, -0.25) is 4.79 Å². The summed E-state index contributed by atoms with van der Waals surface area (Å²) >= 11 is 0. The minimum absolute atomic E-state index is 0.129. The summed E-state index contributed by atoms with van der Waals surface area (Å²) in [6.45, 7) is 14.7. The minimum atomic E-state index is -1.84. The van der Waals surface area contributed by atoms with Crippen LogP contribution in [0.1, 0.15) is 41.0 Å². The highest BCUT2D eigenvalue weighted by Crippen LogP contribution is 2.37. The largest absolute Gasteiger partial charge is 0.459 e. The normalized spacial score (nSPS) is 28.1. The first-order valence-corrected chi connectivity index (χ1v) is 9.82. The van der Waals surface area contributed by atoms with Crippen LogP contribution in [0.5, 0.6) is 0 Å². The van der Waals surface area contributed by atoms with Crippen LogP contribution in [0.15, 0.2) is 0 Å². The van der Waals surface area contributed by atoms with Crippen molar-refractivity contribution in [1.29, 1.82) is 0 Å². The molecule has 0 unspecified atom stereocenters. The fraction of sp³-hybridized carbons (Fsp3) is 0.929. The van der Waals surface area contributed by atoms with Crippen LogP contribution in [-0.4, -0.2) is 38.2 Å². The van der Waals surface area contributed by atoms with Gasteiger partial charge in [-0.15, -0.1) is 0 Å². The summed E-state index contributed by atoms with van der Waals surface area (Å²) in [7, 11) is -1.84. The van der Waals surface area contributed by atoms with E-state index in [2.05, 4.69) is 33.9 Å². The number of aliphatic hydroxyl groups is 1. The number of cyclic esters (lactones) is 1. The first kappa shape index (κ1) is 16.7. The van der Waals surface area contributed by atoms with E-state index in [-0.39, 0.29) is 17.1 Å². The molecule has 1 aliphatic heterocycles. The standard InChI is InChI=1S/C14H28O4Si/c1-13(2,3)19(6,7)17-9-10-8-11(15)14(4,5)12(16)18-10/h10-11,15H,8-9H2,1-7H3/t10-,11+/m0/s1. The van der Waals surface area contributed by atoms with E-state index in [1.165, 1.54) is 0 Å².